The summed E-state index contributed by atoms with van der Waals surface area (Å²) in [4.78, 5) is 14.7. The van der Waals surface area contributed by atoms with Crippen LogP contribution in [0.1, 0.15) is 60.3 Å². The summed E-state index contributed by atoms with van der Waals surface area (Å²) in [6, 6.07) is 1.14. The average molecular weight is 283 g/mol. The number of hydrogen-bond donors (Lipinski definition) is 2. The van der Waals surface area contributed by atoms with Crippen LogP contribution in [0.3, 0.4) is 0 Å². The molecule has 4 nitrogen and oxygen atoms in total. The van der Waals surface area contributed by atoms with Crippen LogP contribution in [0, 0.1) is 0 Å². The molecule has 0 radical (unpaired) electrons. The lowest BCUT2D eigenvalue weighted by Crippen LogP contribution is -2.53. The SMILES string of the molecule is CCCC(C)NC(=O)C(C)N(CC1CCCN1)C(C)C. The molecule has 0 spiro atoms. The number of carbonyl (C=O) groups is 1. The fraction of sp³-hybridized carbons (Fsp3) is 0.938. The van der Waals surface area contributed by atoms with Gasteiger partial charge in [0.15, 0.2) is 0 Å². The highest BCUT2D eigenvalue weighted by Gasteiger charge is 2.27. The van der Waals surface area contributed by atoms with Crippen molar-refractivity contribution in [3.63, 3.8) is 0 Å². The van der Waals surface area contributed by atoms with E-state index in [4.69, 9.17) is 0 Å². The zero-order valence-electron chi connectivity index (χ0n) is 13.9. The molecule has 0 aromatic heterocycles. The molecule has 1 aliphatic heterocycles. The molecule has 118 valence electrons. The maximum absolute atomic E-state index is 12.4. The lowest BCUT2D eigenvalue weighted by Gasteiger charge is -2.34. The van der Waals surface area contributed by atoms with Gasteiger partial charge in [-0.2, -0.15) is 0 Å². The van der Waals surface area contributed by atoms with Crippen molar-refractivity contribution in [1.82, 2.24) is 15.5 Å². The normalized spacial score (nSPS) is 22.2. The number of amides is 1. The molecule has 0 saturated carbocycles. The van der Waals surface area contributed by atoms with Crippen LogP contribution >= 0.6 is 0 Å². The molecule has 2 N–H and O–H groups in total. The smallest absolute Gasteiger partial charge is 0.237 e. The molecule has 3 atom stereocenters. The quantitative estimate of drug-likeness (QED) is 0.717. The summed E-state index contributed by atoms with van der Waals surface area (Å²) < 4.78 is 0. The summed E-state index contributed by atoms with van der Waals surface area (Å²) in [5.41, 5.74) is 0. The van der Waals surface area contributed by atoms with Crippen molar-refractivity contribution in [3.8, 4) is 0 Å². The van der Waals surface area contributed by atoms with Gasteiger partial charge in [-0.1, -0.05) is 13.3 Å². The summed E-state index contributed by atoms with van der Waals surface area (Å²) in [5.74, 6) is 0.164. The summed E-state index contributed by atoms with van der Waals surface area (Å²) in [5, 5.41) is 6.66. The van der Waals surface area contributed by atoms with Gasteiger partial charge in [0.1, 0.15) is 0 Å². The second-order valence-electron chi connectivity index (χ2n) is 6.46. The maximum Gasteiger partial charge on any atom is 0.237 e. The summed E-state index contributed by atoms with van der Waals surface area (Å²) >= 11 is 0. The predicted molar refractivity (Wildman–Crippen MR) is 84.8 cm³/mol. The van der Waals surface area contributed by atoms with E-state index in [1.54, 1.807) is 0 Å². The van der Waals surface area contributed by atoms with E-state index in [1.165, 1.54) is 12.8 Å². The van der Waals surface area contributed by atoms with Crippen LogP contribution in [-0.4, -0.2) is 48.1 Å². The first-order chi connectivity index (χ1) is 9.45. The largest absolute Gasteiger partial charge is 0.352 e. The minimum absolute atomic E-state index is 0.0586. The van der Waals surface area contributed by atoms with Crippen molar-refractivity contribution in [3.05, 3.63) is 0 Å². The number of nitrogens with zero attached hydrogens (tertiary/aromatic N) is 1. The third-order valence-corrected chi connectivity index (χ3v) is 4.24. The Morgan fingerprint density at radius 3 is 2.55 bits per heavy atom. The van der Waals surface area contributed by atoms with Gasteiger partial charge in [-0.25, -0.2) is 0 Å². The monoisotopic (exact) mass is 283 g/mol. The lowest BCUT2D eigenvalue weighted by atomic mass is 10.1. The second-order valence-corrected chi connectivity index (χ2v) is 6.46. The van der Waals surface area contributed by atoms with Gasteiger partial charge >= 0.3 is 0 Å². The molecule has 1 amide bonds. The molecule has 1 aliphatic rings. The van der Waals surface area contributed by atoms with Gasteiger partial charge in [0.2, 0.25) is 5.91 Å². The topological polar surface area (TPSA) is 44.4 Å². The van der Waals surface area contributed by atoms with E-state index in [1.807, 2.05) is 6.92 Å². The van der Waals surface area contributed by atoms with E-state index < -0.39 is 0 Å². The Kier molecular flexibility index (Phi) is 7.52. The van der Waals surface area contributed by atoms with E-state index in [2.05, 4.69) is 43.2 Å². The second kappa shape index (κ2) is 8.63. The standard InChI is InChI=1S/C16H33N3O/c1-6-8-13(4)18-16(20)14(5)19(12(2)3)11-15-9-7-10-17-15/h12-15,17H,6-11H2,1-5H3,(H,18,20). The molecule has 1 rings (SSSR count). The molecule has 4 heteroatoms. The predicted octanol–water partition coefficient (Wildman–Crippen LogP) is 2.14. The van der Waals surface area contributed by atoms with Crippen LogP contribution in [0.4, 0.5) is 0 Å². The Bertz CT molecular complexity index is 287. The van der Waals surface area contributed by atoms with Crippen molar-refractivity contribution in [2.24, 2.45) is 0 Å². The molecule has 0 aromatic carbocycles. The van der Waals surface area contributed by atoms with Crippen LogP contribution in [0.15, 0.2) is 0 Å². The Hall–Kier alpha value is -0.610. The first kappa shape index (κ1) is 17.4. The van der Waals surface area contributed by atoms with Gasteiger partial charge in [0.05, 0.1) is 6.04 Å². The Morgan fingerprint density at radius 1 is 1.35 bits per heavy atom. The number of carbonyl (C=O) groups excluding carboxylic acids is 1. The summed E-state index contributed by atoms with van der Waals surface area (Å²) in [7, 11) is 0. The van der Waals surface area contributed by atoms with Gasteiger partial charge in [0, 0.05) is 24.7 Å². The Morgan fingerprint density at radius 2 is 2.05 bits per heavy atom. The van der Waals surface area contributed by atoms with Gasteiger partial charge in [-0.05, 0) is 53.5 Å². The zero-order chi connectivity index (χ0) is 15.1. The molecule has 3 unspecified atom stereocenters. The van der Waals surface area contributed by atoms with Gasteiger partial charge < -0.3 is 10.6 Å². The zero-order valence-corrected chi connectivity index (χ0v) is 13.9. The van der Waals surface area contributed by atoms with Crippen molar-refractivity contribution in [2.45, 2.75) is 84.5 Å². The molecule has 1 heterocycles. The van der Waals surface area contributed by atoms with E-state index in [0.29, 0.717) is 12.1 Å². The third kappa shape index (κ3) is 5.41. The molecular weight excluding hydrogens is 250 g/mol. The molecule has 0 bridgehead atoms. The van der Waals surface area contributed by atoms with Crippen LogP contribution in [0.25, 0.3) is 0 Å². The summed E-state index contributed by atoms with van der Waals surface area (Å²) in [6.07, 6.45) is 4.63. The number of nitrogens with one attached hydrogen (secondary N) is 2. The van der Waals surface area contributed by atoms with Crippen LogP contribution in [0.5, 0.6) is 0 Å². The van der Waals surface area contributed by atoms with Crippen LogP contribution < -0.4 is 10.6 Å². The highest BCUT2D eigenvalue weighted by Crippen LogP contribution is 2.13. The maximum atomic E-state index is 12.4. The first-order valence-electron chi connectivity index (χ1n) is 8.25. The van der Waals surface area contributed by atoms with Crippen molar-refractivity contribution < 1.29 is 4.79 Å². The Labute approximate surface area is 124 Å². The first-order valence-corrected chi connectivity index (χ1v) is 8.25. The van der Waals surface area contributed by atoms with Crippen molar-refractivity contribution in [1.29, 1.82) is 0 Å². The van der Waals surface area contributed by atoms with Gasteiger partial charge in [0.25, 0.3) is 0 Å². The fourth-order valence-electron chi connectivity index (χ4n) is 3.00. The van der Waals surface area contributed by atoms with Gasteiger partial charge in [-0.3, -0.25) is 9.69 Å². The van der Waals surface area contributed by atoms with E-state index in [-0.39, 0.29) is 18.0 Å². The lowest BCUT2D eigenvalue weighted by molar-refractivity contribution is -0.127. The highest BCUT2D eigenvalue weighted by atomic mass is 16.2. The molecule has 1 saturated heterocycles. The van der Waals surface area contributed by atoms with E-state index >= 15 is 0 Å². The fourth-order valence-corrected chi connectivity index (χ4v) is 3.00. The average Bonchev–Trinajstić information content (AvgIpc) is 2.87. The molecule has 20 heavy (non-hydrogen) atoms. The van der Waals surface area contributed by atoms with E-state index in [0.717, 1.165) is 25.9 Å². The van der Waals surface area contributed by atoms with Gasteiger partial charge in [-0.15, -0.1) is 0 Å². The molecule has 0 aromatic rings. The minimum atomic E-state index is -0.0586. The minimum Gasteiger partial charge on any atom is -0.352 e. The van der Waals surface area contributed by atoms with Crippen molar-refractivity contribution >= 4 is 5.91 Å². The molecule has 0 aliphatic carbocycles. The van der Waals surface area contributed by atoms with Crippen molar-refractivity contribution in [2.75, 3.05) is 13.1 Å². The Balaban J connectivity index is 2.53. The molecular formula is C16H33N3O. The number of hydrogen-bond acceptors (Lipinski definition) is 3. The molecule has 1 fully saturated rings. The summed E-state index contributed by atoms with van der Waals surface area (Å²) in [6.45, 7) is 12.7. The number of rotatable bonds is 8. The van der Waals surface area contributed by atoms with Crippen LogP contribution in [-0.2, 0) is 4.79 Å². The third-order valence-electron chi connectivity index (χ3n) is 4.24. The van der Waals surface area contributed by atoms with E-state index in [9.17, 15) is 4.79 Å². The highest BCUT2D eigenvalue weighted by molar-refractivity contribution is 5.81. The van der Waals surface area contributed by atoms with Crippen LogP contribution in [0.2, 0.25) is 0 Å².